The van der Waals surface area contributed by atoms with E-state index >= 15 is 0 Å². The van der Waals surface area contributed by atoms with E-state index in [0.717, 1.165) is 31.5 Å². The average molecular weight is 396 g/mol. The van der Waals surface area contributed by atoms with Crippen LogP contribution in [0.4, 0.5) is 21.0 Å². The minimum atomic E-state index is -0.530. The van der Waals surface area contributed by atoms with Crippen LogP contribution in [-0.2, 0) is 11.3 Å². The molecule has 1 aliphatic rings. The first-order valence-corrected chi connectivity index (χ1v) is 9.80. The maximum atomic E-state index is 13.1. The van der Waals surface area contributed by atoms with Gasteiger partial charge in [0.2, 0.25) is 0 Å². The Morgan fingerprint density at radius 2 is 1.59 bits per heavy atom. The molecule has 1 heterocycles. The summed E-state index contributed by atoms with van der Waals surface area (Å²) in [6, 6.07) is 17.1. The molecule has 0 aromatic heterocycles. The predicted molar refractivity (Wildman–Crippen MR) is 114 cm³/mol. The number of urea groups is 1. The van der Waals surface area contributed by atoms with E-state index in [1.54, 1.807) is 24.3 Å². The number of hydrogen-bond donors (Lipinski definition) is 2. The van der Waals surface area contributed by atoms with Gasteiger partial charge in [0.25, 0.3) is 0 Å². The molecule has 2 aromatic carbocycles. The summed E-state index contributed by atoms with van der Waals surface area (Å²) >= 11 is 0. The summed E-state index contributed by atoms with van der Waals surface area (Å²) in [5, 5.41) is 5.59. The third-order valence-electron chi connectivity index (χ3n) is 5.15. The molecule has 1 aliphatic heterocycles. The highest BCUT2D eigenvalue weighted by atomic mass is 16.5. The first-order chi connectivity index (χ1) is 14.0. The van der Waals surface area contributed by atoms with Crippen molar-refractivity contribution in [2.45, 2.75) is 25.4 Å². The largest absolute Gasteiger partial charge is 0.453 e. The van der Waals surface area contributed by atoms with Gasteiger partial charge in [-0.05, 0) is 62.8 Å². The molecular formula is C22H28N4O3. The van der Waals surface area contributed by atoms with Gasteiger partial charge >= 0.3 is 12.1 Å². The maximum Gasteiger partial charge on any atom is 0.411 e. The number of ether oxygens (including phenoxy) is 1. The van der Waals surface area contributed by atoms with E-state index in [-0.39, 0.29) is 12.1 Å². The van der Waals surface area contributed by atoms with Crippen LogP contribution in [0.15, 0.2) is 54.6 Å². The second-order valence-corrected chi connectivity index (χ2v) is 7.27. The molecule has 7 heteroatoms. The van der Waals surface area contributed by atoms with Crippen molar-refractivity contribution in [1.29, 1.82) is 0 Å². The molecule has 1 fully saturated rings. The summed E-state index contributed by atoms with van der Waals surface area (Å²) in [6.45, 7) is 2.54. The van der Waals surface area contributed by atoms with E-state index < -0.39 is 6.09 Å². The topological polar surface area (TPSA) is 73.9 Å². The Morgan fingerprint density at radius 3 is 2.17 bits per heavy atom. The molecule has 3 rings (SSSR count). The van der Waals surface area contributed by atoms with Crippen LogP contribution in [0.5, 0.6) is 0 Å². The summed E-state index contributed by atoms with van der Waals surface area (Å²) in [7, 11) is 3.43. The molecule has 0 saturated carbocycles. The van der Waals surface area contributed by atoms with Crippen LogP contribution in [0.1, 0.15) is 18.4 Å². The average Bonchev–Trinajstić information content (AvgIpc) is 2.75. The van der Waals surface area contributed by atoms with Gasteiger partial charge in [0.15, 0.2) is 0 Å². The molecule has 0 bridgehead atoms. The summed E-state index contributed by atoms with van der Waals surface area (Å²) < 4.78 is 4.58. The van der Waals surface area contributed by atoms with Crippen LogP contribution in [0.25, 0.3) is 0 Å². The number of benzene rings is 2. The molecule has 1 saturated heterocycles. The molecule has 154 valence electrons. The molecule has 2 N–H and O–H groups in total. The minimum Gasteiger partial charge on any atom is -0.453 e. The number of methoxy groups -OCH3 is 1. The fourth-order valence-corrected chi connectivity index (χ4v) is 3.45. The monoisotopic (exact) mass is 396 g/mol. The van der Waals surface area contributed by atoms with E-state index in [9.17, 15) is 9.59 Å². The van der Waals surface area contributed by atoms with E-state index in [1.165, 1.54) is 7.11 Å². The molecule has 29 heavy (non-hydrogen) atoms. The minimum absolute atomic E-state index is 0.114. The third kappa shape index (κ3) is 5.96. The number of likely N-dealkylation sites (tertiary alicyclic amines) is 1. The second-order valence-electron chi connectivity index (χ2n) is 7.27. The highest BCUT2D eigenvalue weighted by Crippen LogP contribution is 2.21. The summed E-state index contributed by atoms with van der Waals surface area (Å²) in [5.41, 5.74) is 2.39. The number of rotatable bonds is 5. The van der Waals surface area contributed by atoms with Crippen molar-refractivity contribution in [3.8, 4) is 0 Å². The first-order valence-electron chi connectivity index (χ1n) is 9.80. The number of hydrogen-bond acceptors (Lipinski definition) is 4. The van der Waals surface area contributed by atoms with Crippen molar-refractivity contribution in [3.63, 3.8) is 0 Å². The summed E-state index contributed by atoms with van der Waals surface area (Å²) in [6.07, 6.45) is 1.38. The van der Waals surface area contributed by atoms with E-state index in [2.05, 4.69) is 27.3 Å². The van der Waals surface area contributed by atoms with Crippen LogP contribution in [-0.4, -0.2) is 55.2 Å². The Labute approximate surface area is 171 Å². The Balaban J connectivity index is 1.69. The lowest BCUT2D eigenvalue weighted by Crippen LogP contribution is -2.47. The number of nitrogens with one attached hydrogen (secondary N) is 2. The van der Waals surface area contributed by atoms with E-state index in [1.807, 2.05) is 35.2 Å². The van der Waals surface area contributed by atoms with Crippen molar-refractivity contribution >= 4 is 23.5 Å². The molecule has 0 radical (unpaired) electrons. The quantitative estimate of drug-likeness (QED) is 0.801. The van der Waals surface area contributed by atoms with Gasteiger partial charge in [-0.2, -0.15) is 0 Å². The maximum absolute atomic E-state index is 13.1. The Bertz CT molecular complexity index is 803. The van der Waals surface area contributed by atoms with Gasteiger partial charge in [-0.25, -0.2) is 9.59 Å². The number of nitrogens with zero attached hydrogens (tertiary/aromatic N) is 2. The first kappa shape index (κ1) is 20.7. The van der Waals surface area contributed by atoms with Crippen molar-refractivity contribution in [3.05, 3.63) is 60.2 Å². The molecule has 0 spiro atoms. The molecule has 3 amide bonds. The Morgan fingerprint density at radius 1 is 1.00 bits per heavy atom. The van der Waals surface area contributed by atoms with Crippen molar-refractivity contribution in [2.75, 3.05) is 37.9 Å². The van der Waals surface area contributed by atoms with Crippen molar-refractivity contribution in [1.82, 2.24) is 9.80 Å². The van der Waals surface area contributed by atoms with Gasteiger partial charge in [0, 0.05) is 24.0 Å². The van der Waals surface area contributed by atoms with E-state index in [0.29, 0.717) is 17.9 Å². The standard InChI is InChI=1S/C22H28N4O3/c1-25-14-12-20(13-15-25)26(16-17-6-4-3-5-7-17)21(27)23-18-8-10-19(11-9-18)24-22(28)29-2/h3-11,20H,12-16H2,1-2H3,(H,23,27)(H,24,28). The smallest absolute Gasteiger partial charge is 0.411 e. The third-order valence-corrected chi connectivity index (χ3v) is 5.15. The van der Waals surface area contributed by atoms with Gasteiger partial charge in [0.1, 0.15) is 0 Å². The fourth-order valence-electron chi connectivity index (χ4n) is 3.45. The van der Waals surface area contributed by atoms with Crippen LogP contribution >= 0.6 is 0 Å². The van der Waals surface area contributed by atoms with Crippen molar-refractivity contribution in [2.24, 2.45) is 0 Å². The van der Waals surface area contributed by atoms with Gasteiger partial charge in [-0.15, -0.1) is 0 Å². The zero-order valence-electron chi connectivity index (χ0n) is 16.9. The Hall–Kier alpha value is -3.06. The van der Waals surface area contributed by atoms with Gasteiger partial charge in [-0.1, -0.05) is 30.3 Å². The molecule has 0 unspecified atom stereocenters. The van der Waals surface area contributed by atoms with Crippen LogP contribution in [0, 0.1) is 0 Å². The Kier molecular flexibility index (Phi) is 7.08. The molecule has 2 aromatic rings. The summed E-state index contributed by atoms with van der Waals surface area (Å²) in [5.74, 6) is 0. The van der Waals surface area contributed by atoms with Gasteiger partial charge < -0.3 is 19.9 Å². The number of anilines is 2. The number of piperidine rings is 1. The number of carbonyl (C=O) groups excluding carboxylic acids is 2. The van der Waals surface area contributed by atoms with Crippen LogP contribution in [0.2, 0.25) is 0 Å². The highest BCUT2D eigenvalue weighted by molar-refractivity contribution is 5.90. The van der Waals surface area contributed by atoms with Crippen LogP contribution < -0.4 is 10.6 Å². The highest BCUT2D eigenvalue weighted by Gasteiger charge is 2.27. The molecule has 0 aliphatic carbocycles. The van der Waals surface area contributed by atoms with Gasteiger partial charge in [-0.3, -0.25) is 5.32 Å². The van der Waals surface area contributed by atoms with Gasteiger partial charge in [0.05, 0.1) is 7.11 Å². The number of carbonyl (C=O) groups is 2. The zero-order valence-corrected chi connectivity index (χ0v) is 16.9. The van der Waals surface area contributed by atoms with Crippen molar-refractivity contribution < 1.29 is 14.3 Å². The SMILES string of the molecule is COC(=O)Nc1ccc(NC(=O)N(Cc2ccccc2)C2CCN(C)CC2)cc1. The lowest BCUT2D eigenvalue weighted by molar-refractivity contribution is 0.135. The molecule has 7 nitrogen and oxygen atoms in total. The lowest BCUT2D eigenvalue weighted by Gasteiger charge is -2.37. The second kappa shape index (κ2) is 9.93. The summed E-state index contributed by atoms with van der Waals surface area (Å²) in [4.78, 5) is 28.6. The zero-order chi connectivity index (χ0) is 20.6. The number of amides is 3. The normalized spacial score (nSPS) is 14.8. The predicted octanol–water partition coefficient (Wildman–Crippen LogP) is 3.99. The molecular weight excluding hydrogens is 368 g/mol. The lowest BCUT2D eigenvalue weighted by atomic mass is 10.0. The van der Waals surface area contributed by atoms with Crippen LogP contribution in [0.3, 0.4) is 0 Å². The fraction of sp³-hybridized carbons (Fsp3) is 0.364. The van der Waals surface area contributed by atoms with E-state index in [4.69, 9.17) is 0 Å². The molecule has 0 atom stereocenters.